The van der Waals surface area contributed by atoms with Crippen LogP contribution in [0.1, 0.15) is 24.4 Å². The molecule has 17 heavy (non-hydrogen) atoms. The molecule has 0 aliphatic rings. The van der Waals surface area contributed by atoms with Crippen molar-refractivity contribution in [2.24, 2.45) is 0 Å². The van der Waals surface area contributed by atoms with Crippen LogP contribution in [0.15, 0.2) is 18.2 Å². The van der Waals surface area contributed by atoms with Crippen LogP contribution in [0.5, 0.6) is 0 Å². The van der Waals surface area contributed by atoms with Gasteiger partial charge in [0.05, 0.1) is 6.04 Å². The average molecular weight is 291 g/mol. The highest BCUT2D eigenvalue weighted by Gasteiger charge is 2.17. The first kappa shape index (κ1) is 12.7. The molecule has 3 nitrogen and oxygen atoms in total. The number of hydrogen-bond acceptors (Lipinski definition) is 2. The Hall–Kier alpha value is -0.770. The fraction of sp³-hybridized carbons (Fsp3) is 0.273. The fourth-order valence-corrected chi connectivity index (χ4v) is 2.64. The SMILES string of the molecule is Cc1nnc(Cl)n1C(C)c1ccc(Cl)cc1Cl. The van der Waals surface area contributed by atoms with Crippen LogP contribution in [0, 0.1) is 6.92 Å². The zero-order chi connectivity index (χ0) is 12.6. The Bertz CT molecular complexity index is 531. The number of nitrogens with zero attached hydrogens (tertiary/aromatic N) is 3. The highest BCUT2D eigenvalue weighted by molar-refractivity contribution is 6.35. The number of halogens is 3. The maximum absolute atomic E-state index is 6.16. The predicted octanol–water partition coefficient (Wildman–Crippen LogP) is 4.16. The van der Waals surface area contributed by atoms with Crippen molar-refractivity contribution in [1.29, 1.82) is 0 Å². The van der Waals surface area contributed by atoms with Gasteiger partial charge < -0.3 is 0 Å². The van der Waals surface area contributed by atoms with Crippen molar-refractivity contribution in [3.63, 3.8) is 0 Å². The maximum atomic E-state index is 6.16. The third-order valence-electron chi connectivity index (χ3n) is 2.62. The molecule has 0 fully saturated rings. The minimum atomic E-state index is -0.0396. The molecule has 0 radical (unpaired) electrons. The minimum absolute atomic E-state index is 0.0396. The Morgan fingerprint density at radius 2 is 1.88 bits per heavy atom. The summed E-state index contributed by atoms with van der Waals surface area (Å²) in [5.74, 6) is 0.744. The monoisotopic (exact) mass is 289 g/mol. The van der Waals surface area contributed by atoms with Gasteiger partial charge in [0.1, 0.15) is 5.82 Å². The van der Waals surface area contributed by atoms with Gasteiger partial charge in [0.2, 0.25) is 5.28 Å². The maximum Gasteiger partial charge on any atom is 0.225 e. The molecule has 0 bridgehead atoms. The van der Waals surface area contributed by atoms with Crippen LogP contribution in [0.3, 0.4) is 0 Å². The Labute approximate surface area is 114 Å². The van der Waals surface area contributed by atoms with E-state index in [1.165, 1.54) is 0 Å². The Morgan fingerprint density at radius 3 is 2.41 bits per heavy atom. The van der Waals surface area contributed by atoms with Crippen LogP contribution in [-0.2, 0) is 0 Å². The van der Waals surface area contributed by atoms with Crippen molar-refractivity contribution in [2.75, 3.05) is 0 Å². The van der Waals surface area contributed by atoms with Crippen LogP contribution in [0.4, 0.5) is 0 Å². The Kier molecular flexibility index (Phi) is 3.61. The molecule has 90 valence electrons. The molecule has 0 N–H and O–H groups in total. The first-order valence-corrected chi connectivity index (χ1v) is 6.16. The average Bonchev–Trinajstić information content (AvgIpc) is 2.58. The molecule has 0 aliphatic carbocycles. The quantitative estimate of drug-likeness (QED) is 0.831. The number of hydrogen-bond donors (Lipinski definition) is 0. The number of benzene rings is 1. The van der Waals surface area contributed by atoms with E-state index in [1.54, 1.807) is 12.1 Å². The summed E-state index contributed by atoms with van der Waals surface area (Å²) >= 11 is 18.0. The lowest BCUT2D eigenvalue weighted by atomic mass is 10.1. The molecule has 1 aromatic heterocycles. The van der Waals surface area contributed by atoms with Crippen molar-refractivity contribution < 1.29 is 0 Å². The van der Waals surface area contributed by atoms with E-state index < -0.39 is 0 Å². The van der Waals surface area contributed by atoms with Crippen LogP contribution in [0.2, 0.25) is 15.3 Å². The molecule has 6 heteroatoms. The summed E-state index contributed by atoms with van der Waals surface area (Å²) in [5, 5.41) is 9.30. The Balaban J connectivity index is 2.47. The zero-order valence-corrected chi connectivity index (χ0v) is 11.6. The van der Waals surface area contributed by atoms with Gasteiger partial charge in [-0.15, -0.1) is 10.2 Å². The highest BCUT2D eigenvalue weighted by Crippen LogP contribution is 2.30. The lowest BCUT2D eigenvalue weighted by Gasteiger charge is -2.17. The smallest absolute Gasteiger partial charge is 0.225 e. The topological polar surface area (TPSA) is 30.7 Å². The van der Waals surface area contributed by atoms with E-state index in [2.05, 4.69) is 10.2 Å². The van der Waals surface area contributed by atoms with E-state index in [-0.39, 0.29) is 6.04 Å². The van der Waals surface area contributed by atoms with Crippen LogP contribution < -0.4 is 0 Å². The molecule has 0 aliphatic heterocycles. The lowest BCUT2D eigenvalue weighted by molar-refractivity contribution is 0.619. The van der Waals surface area contributed by atoms with E-state index >= 15 is 0 Å². The molecular weight excluding hydrogens is 281 g/mol. The van der Waals surface area contributed by atoms with Gasteiger partial charge in [-0.25, -0.2) is 0 Å². The summed E-state index contributed by atoms with van der Waals surface area (Å²) in [6.07, 6.45) is 0. The van der Waals surface area contributed by atoms with Crippen LogP contribution in [0.25, 0.3) is 0 Å². The second kappa shape index (κ2) is 4.84. The van der Waals surface area contributed by atoms with Crippen molar-refractivity contribution in [3.05, 3.63) is 44.9 Å². The van der Waals surface area contributed by atoms with Gasteiger partial charge in [-0.1, -0.05) is 29.3 Å². The molecule has 0 amide bonds. The Morgan fingerprint density at radius 1 is 1.18 bits per heavy atom. The summed E-state index contributed by atoms with van der Waals surface area (Å²) < 4.78 is 1.82. The van der Waals surface area contributed by atoms with Crippen molar-refractivity contribution >= 4 is 34.8 Å². The minimum Gasteiger partial charge on any atom is -0.295 e. The first-order chi connectivity index (χ1) is 8.00. The van der Waals surface area contributed by atoms with E-state index in [1.807, 2.05) is 24.5 Å². The second-order valence-electron chi connectivity index (χ2n) is 3.73. The van der Waals surface area contributed by atoms with Gasteiger partial charge in [0.25, 0.3) is 0 Å². The summed E-state index contributed by atoms with van der Waals surface area (Å²) in [5.41, 5.74) is 0.931. The summed E-state index contributed by atoms with van der Waals surface area (Å²) in [6.45, 7) is 3.83. The van der Waals surface area contributed by atoms with E-state index in [9.17, 15) is 0 Å². The standard InChI is InChI=1S/C11H10Cl3N3/c1-6(17-7(2)15-16-11(17)14)9-4-3-8(12)5-10(9)13/h3-6H,1-2H3. The van der Waals surface area contributed by atoms with Crippen LogP contribution in [-0.4, -0.2) is 14.8 Å². The van der Waals surface area contributed by atoms with Gasteiger partial charge in [0, 0.05) is 10.0 Å². The lowest BCUT2D eigenvalue weighted by Crippen LogP contribution is -2.09. The summed E-state index contributed by atoms with van der Waals surface area (Å²) in [6, 6.07) is 5.35. The normalized spacial score (nSPS) is 12.8. The molecule has 1 aromatic carbocycles. The highest BCUT2D eigenvalue weighted by atomic mass is 35.5. The number of aryl methyl sites for hydroxylation is 1. The van der Waals surface area contributed by atoms with Gasteiger partial charge in [-0.3, -0.25) is 4.57 Å². The second-order valence-corrected chi connectivity index (χ2v) is 4.91. The van der Waals surface area contributed by atoms with E-state index in [0.717, 1.165) is 11.4 Å². The largest absolute Gasteiger partial charge is 0.295 e. The molecular formula is C11H10Cl3N3. The third-order valence-corrected chi connectivity index (χ3v) is 3.44. The fourth-order valence-electron chi connectivity index (χ4n) is 1.76. The van der Waals surface area contributed by atoms with Crippen LogP contribution >= 0.6 is 34.8 Å². The molecule has 1 heterocycles. The first-order valence-electron chi connectivity index (χ1n) is 5.02. The molecule has 0 saturated heterocycles. The molecule has 2 rings (SSSR count). The summed E-state index contributed by atoms with van der Waals surface area (Å²) in [7, 11) is 0. The van der Waals surface area contributed by atoms with Crippen molar-refractivity contribution in [1.82, 2.24) is 14.8 Å². The van der Waals surface area contributed by atoms with Gasteiger partial charge in [-0.05, 0) is 43.1 Å². The van der Waals surface area contributed by atoms with Gasteiger partial charge in [0.15, 0.2) is 0 Å². The molecule has 1 unspecified atom stereocenters. The molecule has 0 spiro atoms. The zero-order valence-electron chi connectivity index (χ0n) is 9.28. The van der Waals surface area contributed by atoms with Gasteiger partial charge in [-0.2, -0.15) is 0 Å². The van der Waals surface area contributed by atoms with E-state index in [0.29, 0.717) is 15.3 Å². The number of aromatic nitrogens is 3. The van der Waals surface area contributed by atoms with Crippen molar-refractivity contribution in [3.8, 4) is 0 Å². The molecule has 2 aromatic rings. The molecule has 0 saturated carbocycles. The predicted molar refractivity (Wildman–Crippen MR) is 70.0 cm³/mol. The van der Waals surface area contributed by atoms with Gasteiger partial charge >= 0.3 is 0 Å². The van der Waals surface area contributed by atoms with Crippen molar-refractivity contribution in [2.45, 2.75) is 19.9 Å². The third kappa shape index (κ3) is 2.41. The van der Waals surface area contributed by atoms with E-state index in [4.69, 9.17) is 34.8 Å². The molecule has 1 atom stereocenters. The number of rotatable bonds is 2. The summed E-state index contributed by atoms with van der Waals surface area (Å²) in [4.78, 5) is 0.